The number of carbonyl (C=O) groups is 3. The molecule has 0 unspecified atom stereocenters. The second-order valence-electron chi connectivity index (χ2n) is 9.54. The van der Waals surface area contributed by atoms with Gasteiger partial charge < -0.3 is 19.7 Å². The fourth-order valence-corrected chi connectivity index (χ4v) is 7.23. The fourth-order valence-electron chi connectivity index (χ4n) is 6.81. The number of allylic oxidation sites excluding steroid dienone is 2. The lowest BCUT2D eigenvalue weighted by Gasteiger charge is -2.57. The number of ether oxygens (including phenoxy) is 2. The average molecular weight is 439 g/mol. The van der Waals surface area contributed by atoms with E-state index in [0.29, 0.717) is 17.9 Å². The molecule has 2 N–H and O–H groups in total. The molecule has 2 saturated carbocycles. The van der Waals surface area contributed by atoms with Gasteiger partial charge in [-0.15, -0.1) is 0 Å². The number of fused-ring (bicyclic) bond motifs is 5. The Balaban J connectivity index is 1.84. The largest absolute Gasteiger partial charge is 0.462 e. The number of carbonyl (C=O) groups excluding carboxylic acids is 3. The highest BCUT2D eigenvalue weighted by atomic mass is 35.5. The molecule has 8 heteroatoms. The van der Waals surface area contributed by atoms with Crippen molar-refractivity contribution in [1.29, 1.82) is 0 Å². The number of aliphatic hydroxyl groups is 2. The molecule has 0 aromatic heterocycles. The summed E-state index contributed by atoms with van der Waals surface area (Å²) in [4.78, 5) is 36.6. The molecule has 0 aromatic carbocycles. The Morgan fingerprint density at radius 1 is 1.37 bits per heavy atom. The predicted molar refractivity (Wildman–Crippen MR) is 106 cm³/mol. The number of ketones is 1. The molecule has 0 saturated heterocycles. The van der Waals surface area contributed by atoms with Crippen molar-refractivity contribution < 1.29 is 34.1 Å². The van der Waals surface area contributed by atoms with Gasteiger partial charge in [-0.25, -0.2) is 4.79 Å². The van der Waals surface area contributed by atoms with Crippen molar-refractivity contribution in [2.75, 3.05) is 13.2 Å². The number of hydrogen-bond acceptors (Lipinski definition) is 7. The third-order valence-electron chi connectivity index (χ3n) is 8.14. The Kier molecular flexibility index (Phi) is 4.95. The molecule has 30 heavy (non-hydrogen) atoms. The zero-order chi connectivity index (χ0) is 22.1. The van der Waals surface area contributed by atoms with Crippen molar-refractivity contribution in [2.24, 2.45) is 28.6 Å². The summed E-state index contributed by atoms with van der Waals surface area (Å²) in [5, 5.41) is 21.2. The normalized spacial score (nSPS) is 44.7. The molecule has 0 radical (unpaired) electrons. The van der Waals surface area contributed by atoms with Gasteiger partial charge in [-0.2, -0.15) is 0 Å². The first-order valence-corrected chi connectivity index (χ1v) is 10.7. The molecule has 7 atom stereocenters. The van der Waals surface area contributed by atoms with E-state index in [2.05, 4.69) is 0 Å². The zero-order valence-electron chi connectivity index (χ0n) is 17.3. The van der Waals surface area contributed by atoms with E-state index in [1.54, 1.807) is 0 Å². The van der Waals surface area contributed by atoms with E-state index in [1.165, 1.54) is 13.0 Å². The van der Waals surface area contributed by atoms with Crippen molar-refractivity contribution in [3.63, 3.8) is 0 Å². The topological polar surface area (TPSA) is 110 Å². The van der Waals surface area contributed by atoms with Gasteiger partial charge >= 0.3 is 11.9 Å². The highest BCUT2D eigenvalue weighted by Crippen LogP contribution is 2.67. The maximum atomic E-state index is 12.9. The van der Waals surface area contributed by atoms with Crippen molar-refractivity contribution >= 4 is 29.3 Å². The highest BCUT2D eigenvalue weighted by molar-refractivity contribution is 6.32. The smallest absolute Gasteiger partial charge is 0.331 e. The Hall–Kier alpha value is -1.70. The third kappa shape index (κ3) is 2.68. The predicted octanol–water partition coefficient (Wildman–Crippen LogP) is 1.89. The molecule has 0 bridgehead atoms. The van der Waals surface area contributed by atoms with Crippen molar-refractivity contribution in [3.05, 3.63) is 22.8 Å². The van der Waals surface area contributed by atoms with Crippen molar-refractivity contribution in [2.45, 2.75) is 51.7 Å². The standard InChI is InChI=1S/C22H27ClO7/c1-11(25)30-22(17(27)9-24)8-16(26)19-12-6-15(23)14-7-18(28)29-10-20(14,2)13(12)4-5-21(19,22)3/h6-7,12-13,16,19,24,26H,4-5,8-10H2,1-3H3/t12-,13+,16-,19-,20-,21+,22+/m1/s1. The van der Waals surface area contributed by atoms with Gasteiger partial charge in [0.2, 0.25) is 5.78 Å². The Morgan fingerprint density at radius 3 is 2.70 bits per heavy atom. The van der Waals surface area contributed by atoms with E-state index in [1.807, 2.05) is 19.9 Å². The average Bonchev–Trinajstić information content (AvgIpc) is 2.89. The van der Waals surface area contributed by atoms with Crippen LogP contribution in [0.2, 0.25) is 0 Å². The lowest BCUT2D eigenvalue weighted by molar-refractivity contribution is -0.188. The van der Waals surface area contributed by atoms with Crippen LogP contribution in [0, 0.1) is 28.6 Å². The van der Waals surface area contributed by atoms with Crippen molar-refractivity contribution in [1.82, 2.24) is 0 Å². The molecular formula is C22H27ClO7. The van der Waals surface area contributed by atoms with Crippen LogP contribution in [0.1, 0.15) is 40.0 Å². The molecule has 4 rings (SSSR count). The third-order valence-corrected chi connectivity index (χ3v) is 8.47. The number of cyclic esters (lactones) is 1. The summed E-state index contributed by atoms with van der Waals surface area (Å²) in [6.07, 6.45) is 3.51. The summed E-state index contributed by atoms with van der Waals surface area (Å²) in [5.41, 5.74) is -2.20. The number of hydrogen-bond donors (Lipinski definition) is 2. The number of halogens is 1. The fraction of sp³-hybridized carbons (Fsp3) is 0.682. The van der Waals surface area contributed by atoms with Crippen LogP contribution < -0.4 is 0 Å². The minimum absolute atomic E-state index is 0.0319. The molecule has 0 amide bonds. The second kappa shape index (κ2) is 6.90. The van der Waals surface area contributed by atoms with E-state index < -0.39 is 52.8 Å². The monoisotopic (exact) mass is 438 g/mol. The van der Waals surface area contributed by atoms with Gasteiger partial charge in [0.05, 0.1) is 6.10 Å². The Morgan fingerprint density at radius 2 is 2.07 bits per heavy atom. The minimum atomic E-state index is -1.58. The molecule has 0 spiro atoms. The Labute approximate surface area is 180 Å². The van der Waals surface area contributed by atoms with Gasteiger partial charge in [0.1, 0.15) is 13.2 Å². The molecule has 3 aliphatic carbocycles. The summed E-state index contributed by atoms with van der Waals surface area (Å²) >= 11 is 6.60. The van der Waals surface area contributed by atoms with Gasteiger partial charge in [-0.3, -0.25) is 9.59 Å². The summed E-state index contributed by atoms with van der Waals surface area (Å²) in [7, 11) is 0. The quantitative estimate of drug-likeness (QED) is 0.647. The first-order valence-electron chi connectivity index (χ1n) is 10.3. The van der Waals surface area contributed by atoms with E-state index in [-0.39, 0.29) is 24.9 Å². The van der Waals surface area contributed by atoms with Crippen LogP contribution in [0.25, 0.3) is 0 Å². The maximum Gasteiger partial charge on any atom is 0.331 e. The lowest BCUT2D eigenvalue weighted by atomic mass is 9.49. The van der Waals surface area contributed by atoms with Gasteiger partial charge in [-0.1, -0.05) is 31.5 Å². The minimum Gasteiger partial charge on any atom is -0.462 e. The second-order valence-corrected chi connectivity index (χ2v) is 9.94. The van der Waals surface area contributed by atoms with Crippen molar-refractivity contribution in [3.8, 4) is 0 Å². The van der Waals surface area contributed by atoms with Crippen LogP contribution in [-0.2, 0) is 23.9 Å². The first-order chi connectivity index (χ1) is 14.0. The number of Topliss-reactive ketones (excluding diaryl/α,β-unsaturated/α-hetero) is 1. The summed E-state index contributed by atoms with van der Waals surface area (Å²) in [6, 6.07) is 0. The molecular weight excluding hydrogens is 412 g/mol. The van der Waals surface area contributed by atoms with Gasteiger partial charge in [0, 0.05) is 41.2 Å². The molecule has 1 heterocycles. The van der Waals surface area contributed by atoms with E-state index in [9.17, 15) is 24.6 Å². The molecule has 1 aliphatic heterocycles. The number of rotatable bonds is 3. The van der Waals surface area contributed by atoms with E-state index in [4.69, 9.17) is 21.1 Å². The molecule has 0 aromatic rings. The molecule has 164 valence electrons. The van der Waals surface area contributed by atoms with Crippen LogP contribution in [0.4, 0.5) is 0 Å². The van der Waals surface area contributed by atoms with Crippen LogP contribution in [-0.4, -0.2) is 52.9 Å². The van der Waals surface area contributed by atoms with Crippen LogP contribution >= 0.6 is 11.6 Å². The molecule has 2 fully saturated rings. The van der Waals surface area contributed by atoms with Crippen LogP contribution in [0.5, 0.6) is 0 Å². The van der Waals surface area contributed by atoms with Gasteiger partial charge in [0.25, 0.3) is 0 Å². The lowest BCUT2D eigenvalue weighted by Crippen LogP contribution is -2.60. The van der Waals surface area contributed by atoms with Crippen LogP contribution in [0.15, 0.2) is 22.8 Å². The maximum absolute atomic E-state index is 12.9. The summed E-state index contributed by atoms with van der Waals surface area (Å²) in [6.45, 7) is 4.53. The number of aliphatic hydroxyl groups excluding tert-OH is 2. The number of esters is 2. The summed E-state index contributed by atoms with van der Waals surface area (Å²) in [5.74, 6) is -2.21. The van der Waals surface area contributed by atoms with E-state index >= 15 is 0 Å². The highest BCUT2D eigenvalue weighted by Gasteiger charge is 2.71. The van der Waals surface area contributed by atoms with Crippen LogP contribution in [0.3, 0.4) is 0 Å². The Bertz CT molecular complexity index is 879. The van der Waals surface area contributed by atoms with E-state index in [0.717, 1.165) is 5.57 Å². The molecule has 7 nitrogen and oxygen atoms in total. The van der Waals surface area contributed by atoms with Gasteiger partial charge in [0.15, 0.2) is 5.60 Å². The molecule has 4 aliphatic rings. The summed E-state index contributed by atoms with van der Waals surface area (Å²) < 4.78 is 10.9. The SMILES string of the molecule is CC(=O)O[C@]1(C(=O)CO)C[C@@H](O)[C@H]2[C@@H]3C=C(Cl)C4=CC(=O)OC[C@]4(C)[C@H]3CC[C@@]21C. The van der Waals surface area contributed by atoms with Gasteiger partial charge in [-0.05, 0) is 30.3 Å². The first kappa shape index (κ1) is 21.5. The zero-order valence-corrected chi connectivity index (χ0v) is 18.1.